The van der Waals surface area contributed by atoms with E-state index in [0.717, 1.165) is 54.4 Å². The van der Waals surface area contributed by atoms with Crippen LogP contribution < -0.4 is 5.32 Å². The number of carboxylic acids is 1. The molecule has 2 aliphatic rings. The fraction of sp³-hybridized carbons (Fsp3) is 0.500. The van der Waals surface area contributed by atoms with E-state index >= 15 is 0 Å². The van der Waals surface area contributed by atoms with Gasteiger partial charge in [0.05, 0.1) is 12.7 Å². The number of likely N-dealkylation sites (tertiary alicyclic amines) is 1. The molecule has 0 radical (unpaired) electrons. The standard InChI is InChI=1S/C34H44N2O6/c1-6-23-12-10-16-26(18-23)27-17-11-13-24(19-27)22-41-28-20-34(5,31(38)39)36(21-28)30(37)29(25-14-8-7-9-15-25)35-32(40)42-33(2,3)4/h6,10-13,16-19,25,28-29H,1,7-9,14-15,20-22H2,2-5H3,(H,35,40)(H,38,39)/t28-,29+,34+/m1/s1. The van der Waals surface area contributed by atoms with Crippen molar-refractivity contribution in [3.05, 3.63) is 66.2 Å². The molecule has 2 fully saturated rings. The molecule has 2 aromatic carbocycles. The maximum Gasteiger partial charge on any atom is 0.408 e. The zero-order valence-corrected chi connectivity index (χ0v) is 25.2. The van der Waals surface area contributed by atoms with Gasteiger partial charge >= 0.3 is 12.1 Å². The average Bonchev–Trinajstić information content (AvgIpc) is 3.32. The van der Waals surface area contributed by atoms with E-state index in [1.807, 2.05) is 42.5 Å². The summed E-state index contributed by atoms with van der Waals surface area (Å²) >= 11 is 0. The molecule has 0 spiro atoms. The SMILES string of the molecule is C=Cc1cccc(-c2cccc(CO[C@H]3CN(C(=O)[C@@H](NC(=O)OC(C)(C)C)C4CCCCC4)[C@](C)(C(=O)O)C3)c2)c1. The maximum atomic E-state index is 14.1. The predicted molar refractivity (Wildman–Crippen MR) is 163 cm³/mol. The van der Waals surface area contributed by atoms with Gasteiger partial charge in [-0.3, -0.25) is 4.79 Å². The molecule has 1 aliphatic carbocycles. The first-order valence-electron chi connectivity index (χ1n) is 14.9. The van der Waals surface area contributed by atoms with Gasteiger partial charge in [0.1, 0.15) is 17.2 Å². The molecule has 226 valence electrons. The summed E-state index contributed by atoms with van der Waals surface area (Å²) < 4.78 is 11.7. The normalized spacial score (nSPS) is 21.9. The van der Waals surface area contributed by atoms with Crippen molar-refractivity contribution in [2.24, 2.45) is 5.92 Å². The van der Waals surface area contributed by atoms with Crippen molar-refractivity contribution >= 4 is 24.0 Å². The third kappa shape index (κ3) is 7.59. The highest BCUT2D eigenvalue weighted by Crippen LogP contribution is 2.35. The largest absolute Gasteiger partial charge is 0.480 e. The number of aliphatic carboxylic acids is 1. The van der Waals surface area contributed by atoms with Gasteiger partial charge in [0.15, 0.2) is 0 Å². The van der Waals surface area contributed by atoms with Crippen LogP contribution in [-0.4, -0.2) is 57.8 Å². The number of amides is 2. The molecule has 1 saturated carbocycles. The summed E-state index contributed by atoms with van der Waals surface area (Å²) in [5.41, 5.74) is 1.91. The molecular formula is C34H44N2O6. The van der Waals surface area contributed by atoms with Gasteiger partial charge in [-0.2, -0.15) is 0 Å². The lowest BCUT2D eigenvalue weighted by Gasteiger charge is -2.37. The molecule has 1 aliphatic heterocycles. The Bertz CT molecular complexity index is 1290. The number of nitrogens with zero attached hydrogens (tertiary/aromatic N) is 1. The Kier molecular flexibility index (Phi) is 9.77. The van der Waals surface area contributed by atoms with Crippen LogP contribution in [0.2, 0.25) is 0 Å². The van der Waals surface area contributed by atoms with E-state index in [2.05, 4.69) is 24.0 Å². The second kappa shape index (κ2) is 13.1. The molecule has 8 nitrogen and oxygen atoms in total. The van der Waals surface area contributed by atoms with Crippen molar-refractivity contribution in [3.8, 4) is 11.1 Å². The molecule has 2 N–H and O–H groups in total. The first-order chi connectivity index (χ1) is 19.9. The number of ether oxygens (including phenoxy) is 2. The topological polar surface area (TPSA) is 105 Å². The Morgan fingerprint density at radius 2 is 1.76 bits per heavy atom. The Morgan fingerprint density at radius 3 is 2.40 bits per heavy atom. The summed E-state index contributed by atoms with van der Waals surface area (Å²) in [6.07, 6.45) is 5.39. The van der Waals surface area contributed by atoms with Crippen LogP contribution in [0.3, 0.4) is 0 Å². The van der Waals surface area contributed by atoms with Crippen LogP contribution in [0.5, 0.6) is 0 Å². The van der Waals surface area contributed by atoms with Crippen molar-refractivity contribution in [3.63, 3.8) is 0 Å². The first kappa shape index (κ1) is 31.3. The van der Waals surface area contributed by atoms with E-state index in [1.54, 1.807) is 27.7 Å². The van der Waals surface area contributed by atoms with Crippen LogP contribution in [0.4, 0.5) is 4.79 Å². The monoisotopic (exact) mass is 576 g/mol. The molecule has 0 aromatic heterocycles. The maximum absolute atomic E-state index is 14.1. The summed E-state index contributed by atoms with van der Waals surface area (Å²) in [5.74, 6) is -1.57. The molecular weight excluding hydrogens is 532 g/mol. The summed E-state index contributed by atoms with van der Waals surface area (Å²) in [6.45, 7) is 11.1. The van der Waals surface area contributed by atoms with Gasteiger partial charge in [0, 0.05) is 13.0 Å². The van der Waals surface area contributed by atoms with Crippen LogP contribution in [-0.2, 0) is 25.7 Å². The van der Waals surface area contributed by atoms with Gasteiger partial charge in [-0.15, -0.1) is 0 Å². The zero-order valence-electron chi connectivity index (χ0n) is 25.2. The van der Waals surface area contributed by atoms with Crippen molar-refractivity contribution in [2.45, 2.75) is 96.1 Å². The van der Waals surface area contributed by atoms with E-state index in [-0.39, 0.29) is 25.5 Å². The Labute approximate surface area is 249 Å². The Morgan fingerprint density at radius 1 is 1.10 bits per heavy atom. The summed E-state index contributed by atoms with van der Waals surface area (Å²) in [4.78, 5) is 40.8. The highest BCUT2D eigenvalue weighted by Gasteiger charge is 2.52. The van der Waals surface area contributed by atoms with Gasteiger partial charge in [-0.05, 0) is 80.8 Å². The molecule has 3 atom stereocenters. The van der Waals surface area contributed by atoms with Gasteiger partial charge in [0.25, 0.3) is 0 Å². The van der Waals surface area contributed by atoms with Crippen LogP contribution in [0.1, 0.15) is 77.3 Å². The van der Waals surface area contributed by atoms with Crippen LogP contribution in [0.25, 0.3) is 17.2 Å². The van der Waals surface area contributed by atoms with Gasteiger partial charge < -0.3 is 24.8 Å². The van der Waals surface area contributed by atoms with E-state index in [9.17, 15) is 19.5 Å². The molecule has 42 heavy (non-hydrogen) atoms. The highest BCUT2D eigenvalue weighted by atomic mass is 16.6. The van der Waals surface area contributed by atoms with E-state index < -0.39 is 41.3 Å². The van der Waals surface area contributed by atoms with E-state index in [1.165, 1.54) is 4.90 Å². The van der Waals surface area contributed by atoms with E-state index in [0.29, 0.717) is 0 Å². The van der Waals surface area contributed by atoms with Crippen molar-refractivity contribution in [2.75, 3.05) is 6.54 Å². The fourth-order valence-electron chi connectivity index (χ4n) is 6.02. The minimum atomic E-state index is -1.46. The van der Waals surface area contributed by atoms with Gasteiger partial charge in [-0.25, -0.2) is 9.59 Å². The highest BCUT2D eigenvalue weighted by molar-refractivity contribution is 5.92. The van der Waals surface area contributed by atoms with Crippen molar-refractivity contribution in [1.82, 2.24) is 10.2 Å². The summed E-state index contributed by atoms with van der Waals surface area (Å²) in [7, 11) is 0. The Balaban J connectivity index is 1.50. The minimum absolute atomic E-state index is 0.0842. The second-order valence-corrected chi connectivity index (χ2v) is 12.7. The van der Waals surface area contributed by atoms with Crippen LogP contribution >= 0.6 is 0 Å². The summed E-state index contributed by atoms with van der Waals surface area (Å²) in [5, 5.41) is 13.1. The molecule has 4 rings (SSSR count). The molecule has 8 heteroatoms. The number of alkyl carbamates (subject to hydrolysis) is 1. The quantitative estimate of drug-likeness (QED) is 0.356. The van der Waals surface area contributed by atoms with Crippen molar-refractivity contribution in [1.29, 1.82) is 0 Å². The number of nitrogens with one attached hydrogen (secondary N) is 1. The predicted octanol–water partition coefficient (Wildman–Crippen LogP) is 6.43. The van der Waals surface area contributed by atoms with E-state index in [4.69, 9.17) is 9.47 Å². The molecule has 0 bridgehead atoms. The molecule has 1 saturated heterocycles. The zero-order chi connectivity index (χ0) is 30.5. The number of hydrogen-bond donors (Lipinski definition) is 2. The Hall–Kier alpha value is -3.65. The molecule has 2 aromatic rings. The summed E-state index contributed by atoms with van der Waals surface area (Å²) in [6, 6.07) is 15.3. The number of rotatable bonds is 9. The number of carbonyl (C=O) groups is 3. The van der Waals surface area contributed by atoms with Crippen LogP contribution in [0.15, 0.2) is 55.1 Å². The number of benzene rings is 2. The number of carboxylic acid groups (broad SMARTS) is 1. The smallest absolute Gasteiger partial charge is 0.408 e. The lowest BCUT2D eigenvalue weighted by atomic mass is 9.83. The molecule has 1 heterocycles. The third-order valence-electron chi connectivity index (χ3n) is 8.26. The number of carbonyl (C=O) groups excluding carboxylic acids is 2. The van der Waals surface area contributed by atoms with Crippen molar-refractivity contribution < 1.29 is 29.0 Å². The third-order valence-corrected chi connectivity index (χ3v) is 8.26. The van der Waals surface area contributed by atoms with Gasteiger partial charge in [-0.1, -0.05) is 68.3 Å². The first-order valence-corrected chi connectivity index (χ1v) is 14.9. The fourth-order valence-corrected chi connectivity index (χ4v) is 6.02. The molecule has 0 unspecified atom stereocenters. The molecule has 2 amide bonds. The van der Waals surface area contributed by atoms with Crippen LogP contribution in [0, 0.1) is 5.92 Å². The average molecular weight is 577 g/mol. The van der Waals surface area contributed by atoms with Gasteiger partial charge in [0.2, 0.25) is 5.91 Å². The second-order valence-electron chi connectivity index (χ2n) is 12.7. The minimum Gasteiger partial charge on any atom is -0.480 e. The lowest BCUT2D eigenvalue weighted by Crippen LogP contribution is -2.59. The number of hydrogen-bond acceptors (Lipinski definition) is 5. The lowest BCUT2D eigenvalue weighted by molar-refractivity contribution is -0.156.